The predicted molar refractivity (Wildman–Crippen MR) is 202 cm³/mol. The van der Waals surface area contributed by atoms with Crippen LogP contribution in [0.2, 0.25) is 0 Å². The molecule has 6 nitrogen and oxygen atoms in total. The zero-order valence-corrected chi connectivity index (χ0v) is 30.7. The third kappa shape index (κ3) is 11.2. The zero-order chi connectivity index (χ0) is 35.6. The van der Waals surface area contributed by atoms with Crippen LogP contribution in [0.15, 0.2) is 84.9 Å². The fourth-order valence-electron chi connectivity index (χ4n) is 5.59. The van der Waals surface area contributed by atoms with Crippen molar-refractivity contribution in [2.75, 3.05) is 23.8 Å². The predicted octanol–water partition coefficient (Wildman–Crippen LogP) is 10.2. The van der Waals surface area contributed by atoms with E-state index in [-0.39, 0.29) is 11.8 Å². The van der Waals surface area contributed by atoms with Crippen LogP contribution in [0, 0.1) is 38.5 Å². The van der Waals surface area contributed by atoms with E-state index in [2.05, 4.69) is 60.9 Å². The van der Waals surface area contributed by atoms with E-state index in [1.165, 1.54) is 11.1 Å². The lowest BCUT2D eigenvalue weighted by molar-refractivity contribution is -0.125. The van der Waals surface area contributed by atoms with Crippen molar-refractivity contribution in [2.24, 2.45) is 10.8 Å². The lowest BCUT2D eigenvalue weighted by atomic mass is 9.87. The average Bonchev–Trinajstić information content (AvgIpc) is 3.06. The standard InChI is InChI=1S/C43H54N2O4/c1-30-11-13-32(3)38(27-30)48-25-9-23-42(5,6)40(46)44-36-19-15-34(16-20-36)29-35-17-21-37(22-18-35)45-41(47)43(7,8)24-10-26-49-39-28-31(2)12-14-33(39)4/h11-22,27-28H,9-10,23-26,29H2,1-8H3,(H,44,46)(H,45,47). The molecule has 0 aliphatic rings. The summed E-state index contributed by atoms with van der Waals surface area (Å²) in [5.41, 5.74) is 7.39. The second-order valence-corrected chi connectivity index (χ2v) is 14.7. The van der Waals surface area contributed by atoms with Gasteiger partial charge in [0.25, 0.3) is 0 Å². The second kappa shape index (κ2) is 16.7. The first-order chi connectivity index (χ1) is 23.2. The van der Waals surface area contributed by atoms with Gasteiger partial charge in [-0.2, -0.15) is 0 Å². The summed E-state index contributed by atoms with van der Waals surface area (Å²) in [6, 6.07) is 28.4. The van der Waals surface area contributed by atoms with Crippen molar-refractivity contribution in [1.82, 2.24) is 0 Å². The maximum atomic E-state index is 13.1. The molecule has 0 spiro atoms. The number of hydrogen-bond donors (Lipinski definition) is 2. The summed E-state index contributed by atoms with van der Waals surface area (Å²) < 4.78 is 12.0. The molecule has 2 N–H and O–H groups in total. The molecule has 0 saturated carbocycles. The number of hydrogen-bond acceptors (Lipinski definition) is 4. The van der Waals surface area contributed by atoms with Crippen molar-refractivity contribution in [1.29, 1.82) is 0 Å². The molecule has 0 radical (unpaired) electrons. The van der Waals surface area contributed by atoms with Crippen molar-refractivity contribution < 1.29 is 19.1 Å². The molecule has 6 heteroatoms. The average molecular weight is 663 g/mol. The number of anilines is 2. The van der Waals surface area contributed by atoms with Crippen molar-refractivity contribution in [3.8, 4) is 11.5 Å². The van der Waals surface area contributed by atoms with E-state index >= 15 is 0 Å². The number of ether oxygens (including phenoxy) is 2. The number of carbonyl (C=O) groups is 2. The Labute approximate surface area is 293 Å². The topological polar surface area (TPSA) is 76.7 Å². The first kappa shape index (κ1) is 37.2. The molecule has 4 aromatic carbocycles. The maximum absolute atomic E-state index is 13.1. The Morgan fingerprint density at radius 1 is 0.551 bits per heavy atom. The lowest BCUT2D eigenvalue weighted by Crippen LogP contribution is -2.31. The Kier molecular flexibility index (Phi) is 12.7. The Hall–Kier alpha value is -4.58. The van der Waals surface area contributed by atoms with Gasteiger partial charge in [0.05, 0.1) is 13.2 Å². The number of carbonyl (C=O) groups excluding carboxylic acids is 2. The number of nitrogens with one attached hydrogen (secondary N) is 2. The summed E-state index contributed by atoms with van der Waals surface area (Å²) in [5.74, 6) is 1.82. The molecule has 0 unspecified atom stereocenters. The van der Waals surface area contributed by atoms with Gasteiger partial charge in [0.2, 0.25) is 11.8 Å². The monoisotopic (exact) mass is 662 g/mol. The lowest BCUT2D eigenvalue weighted by Gasteiger charge is -2.24. The molecule has 260 valence electrons. The molecule has 0 heterocycles. The van der Waals surface area contributed by atoms with Crippen LogP contribution >= 0.6 is 0 Å². The molecule has 0 bridgehead atoms. The minimum Gasteiger partial charge on any atom is -0.493 e. The van der Waals surface area contributed by atoms with Crippen LogP contribution < -0.4 is 20.1 Å². The summed E-state index contributed by atoms with van der Waals surface area (Å²) in [7, 11) is 0. The van der Waals surface area contributed by atoms with Crippen LogP contribution in [0.25, 0.3) is 0 Å². The number of amides is 2. The third-order valence-electron chi connectivity index (χ3n) is 9.16. The van der Waals surface area contributed by atoms with E-state index in [9.17, 15) is 9.59 Å². The minimum atomic E-state index is -0.523. The van der Waals surface area contributed by atoms with Crippen molar-refractivity contribution >= 4 is 23.2 Å². The maximum Gasteiger partial charge on any atom is 0.230 e. The molecule has 0 saturated heterocycles. The summed E-state index contributed by atoms with van der Waals surface area (Å²) in [6.45, 7) is 17.3. The van der Waals surface area contributed by atoms with Gasteiger partial charge < -0.3 is 20.1 Å². The van der Waals surface area contributed by atoms with Crippen LogP contribution in [-0.2, 0) is 16.0 Å². The fourth-order valence-corrected chi connectivity index (χ4v) is 5.59. The van der Waals surface area contributed by atoms with E-state index in [0.717, 1.165) is 77.2 Å². The first-order valence-corrected chi connectivity index (χ1v) is 17.4. The molecule has 0 fully saturated rings. The van der Waals surface area contributed by atoms with Gasteiger partial charge in [0.1, 0.15) is 11.5 Å². The molecule has 49 heavy (non-hydrogen) atoms. The minimum absolute atomic E-state index is 0.00141. The summed E-state index contributed by atoms with van der Waals surface area (Å²) >= 11 is 0. The normalized spacial score (nSPS) is 11.6. The van der Waals surface area contributed by atoms with Gasteiger partial charge >= 0.3 is 0 Å². The Bertz CT molecular complexity index is 1580. The van der Waals surface area contributed by atoms with Crippen LogP contribution in [0.4, 0.5) is 11.4 Å². The molecule has 0 aromatic heterocycles. The van der Waals surface area contributed by atoms with Crippen molar-refractivity contribution in [3.05, 3.63) is 118 Å². The smallest absolute Gasteiger partial charge is 0.230 e. The molecule has 4 aromatic rings. The molecule has 0 aliphatic carbocycles. The number of aryl methyl sites for hydroxylation is 4. The highest BCUT2D eigenvalue weighted by Gasteiger charge is 2.28. The van der Waals surface area contributed by atoms with Crippen LogP contribution in [-0.4, -0.2) is 25.0 Å². The van der Waals surface area contributed by atoms with Gasteiger partial charge in [-0.3, -0.25) is 9.59 Å². The van der Waals surface area contributed by atoms with Gasteiger partial charge in [-0.25, -0.2) is 0 Å². The highest BCUT2D eigenvalue weighted by Crippen LogP contribution is 2.28. The quantitative estimate of drug-likeness (QED) is 0.117. The molecule has 2 amide bonds. The van der Waals surface area contributed by atoms with Gasteiger partial charge in [-0.05, 0) is 130 Å². The van der Waals surface area contributed by atoms with Gasteiger partial charge in [-0.15, -0.1) is 0 Å². The highest BCUT2D eigenvalue weighted by molar-refractivity contribution is 5.95. The molecule has 0 aliphatic heterocycles. The van der Waals surface area contributed by atoms with Crippen molar-refractivity contribution in [2.45, 2.75) is 87.5 Å². The van der Waals surface area contributed by atoms with Crippen molar-refractivity contribution in [3.63, 3.8) is 0 Å². The van der Waals surface area contributed by atoms with Gasteiger partial charge in [0.15, 0.2) is 0 Å². The Morgan fingerprint density at radius 2 is 0.918 bits per heavy atom. The highest BCUT2D eigenvalue weighted by atomic mass is 16.5. The van der Waals surface area contributed by atoms with Gasteiger partial charge in [0, 0.05) is 22.2 Å². The Balaban J connectivity index is 1.19. The SMILES string of the molecule is Cc1ccc(C)c(OCCCC(C)(C)C(=O)Nc2ccc(Cc3ccc(NC(=O)C(C)(C)CCCOc4cc(C)ccc4C)cc3)cc2)c1. The van der Waals surface area contributed by atoms with E-state index in [4.69, 9.17) is 9.47 Å². The zero-order valence-electron chi connectivity index (χ0n) is 30.7. The number of rotatable bonds is 16. The third-order valence-corrected chi connectivity index (χ3v) is 9.16. The van der Waals surface area contributed by atoms with E-state index in [0.29, 0.717) is 13.2 Å². The summed E-state index contributed by atoms with van der Waals surface area (Å²) in [4.78, 5) is 26.2. The van der Waals surface area contributed by atoms with Gasteiger partial charge in [-0.1, -0.05) is 76.2 Å². The van der Waals surface area contributed by atoms with E-state index < -0.39 is 10.8 Å². The summed E-state index contributed by atoms with van der Waals surface area (Å²) in [6.07, 6.45) is 3.77. The van der Waals surface area contributed by atoms with Crippen LogP contribution in [0.5, 0.6) is 11.5 Å². The Morgan fingerprint density at radius 3 is 1.29 bits per heavy atom. The van der Waals surface area contributed by atoms with Crippen LogP contribution in [0.3, 0.4) is 0 Å². The molecular weight excluding hydrogens is 608 g/mol. The molecule has 4 rings (SSSR count). The molecular formula is C43H54N2O4. The van der Waals surface area contributed by atoms with Crippen LogP contribution in [0.1, 0.15) is 86.8 Å². The fraction of sp³-hybridized carbons (Fsp3) is 0.395. The number of benzene rings is 4. The molecule has 0 atom stereocenters. The largest absolute Gasteiger partial charge is 0.493 e. The first-order valence-electron chi connectivity index (χ1n) is 17.4. The van der Waals surface area contributed by atoms with E-state index in [1.54, 1.807) is 0 Å². The second-order valence-electron chi connectivity index (χ2n) is 14.7. The van der Waals surface area contributed by atoms with E-state index in [1.807, 2.05) is 90.1 Å². The summed E-state index contributed by atoms with van der Waals surface area (Å²) in [5, 5.41) is 6.17.